The lowest BCUT2D eigenvalue weighted by atomic mass is 10.1. The number of methoxy groups -OCH3 is 1. The Morgan fingerprint density at radius 2 is 2.23 bits per heavy atom. The van der Waals surface area contributed by atoms with Gasteiger partial charge >= 0.3 is 0 Å². The first-order chi connectivity index (χ1) is 6.42. The van der Waals surface area contributed by atoms with Crippen LogP contribution in [0.25, 0.3) is 0 Å². The van der Waals surface area contributed by atoms with Crippen molar-refractivity contribution in [3.8, 4) is 5.75 Å². The average Bonchev–Trinajstić information content (AvgIpc) is 2.41. The quantitative estimate of drug-likeness (QED) is 0.711. The topological polar surface area (TPSA) is 21.3 Å². The zero-order valence-electron chi connectivity index (χ0n) is 7.97. The fraction of sp³-hybridized carbons (Fsp3) is 0.455. The third-order valence-electron chi connectivity index (χ3n) is 2.51. The van der Waals surface area contributed by atoms with E-state index in [1.54, 1.807) is 7.11 Å². The van der Waals surface area contributed by atoms with Crippen LogP contribution < -0.4 is 10.1 Å². The minimum Gasteiger partial charge on any atom is -0.495 e. The number of ether oxygens (including phenoxy) is 1. The van der Waals surface area contributed by atoms with Gasteiger partial charge in [0.15, 0.2) is 0 Å². The van der Waals surface area contributed by atoms with Gasteiger partial charge in [0.2, 0.25) is 0 Å². The van der Waals surface area contributed by atoms with Crippen LogP contribution in [-0.4, -0.2) is 13.7 Å². The first-order valence-corrected chi connectivity index (χ1v) is 4.81. The van der Waals surface area contributed by atoms with E-state index in [1.165, 1.54) is 30.5 Å². The van der Waals surface area contributed by atoms with Gasteiger partial charge in [-0.2, -0.15) is 0 Å². The second-order valence-corrected chi connectivity index (χ2v) is 3.38. The molecule has 0 saturated heterocycles. The third kappa shape index (κ3) is 1.62. The Hall–Kier alpha value is -1.18. The maximum absolute atomic E-state index is 5.31. The Bertz CT molecular complexity index is 296. The summed E-state index contributed by atoms with van der Waals surface area (Å²) in [6, 6.07) is 6.25. The summed E-state index contributed by atoms with van der Waals surface area (Å²) in [7, 11) is 1.72. The highest BCUT2D eigenvalue weighted by atomic mass is 16.5. The molecule has 0 amide bonds. The molecule has 0 fully saturated rings. The molecule has 0 atom stereocenters. The van der Waals surface area contributed by atoms with Crippen molar-refractivity contribution in [1.82, 2.24) is 0 Å². The molecule has 13 heavy (non-hydrogen) atoms. The molecule has 0 radical (unpaired) electrons. The highest BCUT2D eigenvalue weighted by molar-refractivity contribution is 5.62. The zero-order chi connectivity index (χ0) is 9.10. The molecule has 1 N–H and O–H groups in total. The average molecular weight is 177 g/mol. The van der Waals surface area contributed by atoms with E-state index in [1.807, 2.05) is 6.07 Å². The maximum atomic E-state index is 5.31. The number of nitrogens with one attached hydrogen (secondary N) is 1. The molecule has 0 saturated carbocycles. The van der Waals surface area contributed by atoms with Crippen molar-refractivity contribution >= 4 is 5.69 Å². The molecule has 1 aromatic rings. The fourth-order valence-electron chi connectivity index (χ4n) is 1.81. The minimum atomic E-state index is 0.972. The second-order valence-electron chi connectivity index (χ2n) is 3.38. The van der Waals surface area contributed by atoms with E-state index >= 15 is 0 Å². The highest BCUT2D eigenvalue weighted by Crippen LogP contribution is 2.30. The number of hydrogen-bond donors (Lipinski definition) is 1. The molecule has 1 aliphatic heterocycles. The number of anilines is 1. The molecule has 1 aromatic carbocycles. The van der Waals surface area contributed by atoms with Crippen molar-refractivity contribution in [2.45, 2.75) is 19.3 Å². The maximum Gasteiger partial charge on any atom is 0.142 e. The lowest BCUT2D eigenvalue weighted by Gasteiger charge is -2.11. The van der Waals surface area contributed by atoms with Crippen molar-refractivity contribution in [3.63, 3.8) is 0 Å². The number of para-hydroxylation sites is 1. The van der Waals surface area contributed by atoms with Gasteiger partial charge in [0.25, 0.3) is 0 Å². The summed E-state index contributed by atoms with van der Waals surface area (Å²) in [6.07, 6.45) is 3.69. The summed E-state index contributed by atoms with van der Waals surface area (Å²) >= 11 is 0. The number of rotatable bonds is 1. The van der Waals surface area contributed by atoms with Gasteiger partial charge in [-0.1, -0.05) is 12.1 Å². The summed E-state index contributed by atoms with van der Waals surface area (Å²) in [5, 5.41) is 3.42. The second kappa shape index (κ2) is 3.69. The van der Waals surface area contributed by atoms with Crippen molar-refractivity contribution in [1.29, 1.82) is 0 Å². The van der Waals surface area contributed by atoms with E-state index in [0.717, 1.165) is 12.3 Å². The normalized spacial score (nSPS) is 15.5. The van der Waals surface area contributed by atoms with Crippen LogP contribution in [0.5, 0.6) is 5.75 Å². The molecular weight excluding hydrogens is 162 g/mol. The SMILES string of the molecule is COc1cccc2c1NCCCC2. The van der Waals surface area contributed by atoms with Crippen LogP contribution in [0.2, 0.25) is 0 Å². The first kappa shape index (κ1) is 8.42. The fourth-order valence-corrected chi connectivity index (χ4v) is 1.81. The van der Waals surface area contributed by atoms with Gasteiger partial charge in [0.1, 0.15) is 5.75 Å². The Labute approximate surface area is 78.9 Å². The van der Waals surface area contributed by atoms with Crippen LogP contribution in [-0.2, 0) is 6.42 Å². The molecule has 0 spiro atoms. The van der Waals surface area contributed by atoms with Crippen molar-refractivity contribution in [2.24, 2.45) is 0 Å². The van der Waals surface area contributed by atoms with Gasteiger partial charge in [0, 0.05) is 6.54 Å². The first-order valence-electron chi connectivity index (χ1n) is 4.81. The lowest BCUT2D eigenvalue weighted by molar-refractivity contribution is 0.416. The van der Waals surface area contributed by atoms with Gasteiger partial charge in [-0.15, -0.1) is 0 Å². The largest absolute Gasteiger partial charge is 0.495 e. The number of aryl methyl sites for hydroxylation is 1. The van der Waals surface area contributed by atoms with Crippen LogP contribution in [0.15, 0.2) is 18.2 Å². The van der Waals surface area contributed by atoms with Crippen molar-refractivity contribution < 1.29 is 4.74 Å². The third-order valence-corrected chi connectivity index (χ3v) is 2.51. The number of benzene rings is 1. The summed E-state index contributed by atoms with van der Waals surface area (Å²) in [5.74, 6) is 0.972. The summed E-state index contributed by atoms with van der Waals surface area (Å²) in [4.78, 5) is 0. The summed E-state index contributed by atoms with van der Waals surface area (Å²) in [6.45, 7) is 1.06. The van der Waals surface area contributed by atoms with Gasteiger partial charge in [-0.25, -0.2) is 0 Å². The van der Waals surface area contributed by atoms with Gasteiger partial charge in [-0.3, -0.25) is 0 Å². The van der Waals surface area contributed by atoms with Crippen LogP contribution in [0, 0.1) is 0 Å². The lowest BCUT2D eigenvalue weighted by Crippen LogP contribution is -2.01. The van der Waals surface area contributed by atoms with E-state index in [0.29, 0.717) is 0 Å². The standard InChI is InChI=1S/C11H15NO/c1-13-10-7-4-6-9-5-2-3-8-12-11(9)10/h4,6-7,12H,2-3,5,8H2,1H3. The van der Waals surface area contributed by atoms with Crippen LogP contribution in [0.3, 0.4) is 0 Å². The van der Waals surface area contributed by atoms with Crippen molar-refractivity contribution in [3.05, 3.63) is 23.8 Å². The molecular formula is C11H15NO. The predicted molar refractivity (Wildman–Crippen MR) is 54.4 cm³/mol. The molecule has 2 rings (SSSR count). The van der Waals surface area contributed by atoms with E-state index in [9.17, 15) is 0 Å². The van der Waals surface area contributed by atoms with E-state index < -0.39 is 0 Å². The molecule has 0 aromatic heterocycles. The Morgan fingerprint density at radius 1 is 1.31 bits per heavy atom. The molecule has 0 unspecified atom stereocenters. The number of hydrogen-bond acceptors (Lipinski definition) is 2. The number of fused-ring (bicyclic) bond motifs is 1. The van der Waals surface area contributed by atoms with Gasteiger partial charge in [-0.05, 0) is 30.9 Å². The Balaban J connectivity index is 2.40. The predicted octanol–water partition coefficient (Wildman–Crippen LogP) is 2.44. The van der Waals surface area contributed by atoms with Crippen LogP contribution in [0.1, 0.15) is 18.4 Å². The molecule has 0 bridgehead atoms. The van der Waals surface area contributed by atoms with E-state index in [-0.39, 0.29) is 0 Å². The molecule has 70 valence electrons. The van der Waals surface area contributed by atoms with Gasteiger partial charge < -0.3 is 10.1 Å². The van der Waals surface area contributed by atoms with Crippen LogP contribution in [0.4, 0.5) is 5.69 Å². The molecule has 2 heteroatoms. The van der Waals surface area contributed by atoms with Gasteiger partial charge in [0.05, 0.1) is 12.8 Å². The molecule has 0 aliphatic carbocycles. The highest BCUT2D eigenvalue weighted by Gasteiger charge is 2.10. The molecule has 2 nitrogen and oxygen atoms in total. The summed E-state index contributed by atoms with van der Waals surface area (Å²) < 4.78 is 5.31. The monoisotopic (exact) mass is 177 g/mol. The molecule has 1 heterocycles. The Kier molecular flexibility index (Phi) is 2.39. The zero-order valence-corrected chi connectivity index (χ0v) is 7.97. The summed E-state index contributed by atoms with van der Waals surface area (Å²) in [5.41, 5.74) is 2.58. The Morgan fingerprint density at radius 3 is 3.08 bits per heavy atom. The minimum absolute atomic E-state index is 0.972. The van der Waals surface area contributed by atoms with E-state index in [4.69, 9.17) is 4.74 Å². The van der Waals surface area contributed by atoms with Crippen LogP contribution >= 0.6 is 0 Å². The molecule has 1 aliphatic rings. The van der Waals surface area contributed by atoms with E-state index in [2.05, 4.69) is 17.4 Å². The smallest absolute Gasteiger partial charge is 0.142 e. The van der Waals surface area contributed by atoms with Crippen molar-refractivity contribution in [2.75, 3.05) is 19.0 Å².